The Kier molecular flexibility index (Phi) is 5.14. The number of aryl methyl sites for hydroxylation is 1. The van der Waals surface area contributed by atoms with E-state index in [-0.39, 0.29) is 12.3 Å². The van der Waals surface area contributed by atoms with Crippen LogP contribution in [-0.4, -0.2) is 23.4 Å². The van der Waals surface area contributed by atoms with E-state index >= 15 is 0 Å². The molecule has 0 bridgehead atoms. The SMILES string of the molecule is CCON=C(C(=O)O)c1ccccc1Oc1cccc(C)c1. The Bertz CT molecular complexity index is 695. The van der Waals surface area contributed by atoms with Crippen LogP contribution >= 0.6 is 0 Å². The molecule has 0 amide bonds. The van der Waals surface area contributed by atoms with E-state index in [9.17, 15) is 9.90 Å². The summed E-state index contributed by atoms with van der Waals surface area (Å²) in [5.74, 6) is -0.128. The summed E-state index contributed by atoms with van der Waals surface area (Å²) in [6, 6.07) is 14.3. The Morgan fingerprint density at radius 1 is 1.18 bits per heavy atom. The largest absolute Gasteiger partial charge is 0.476 e. The fraction of sp³-hybridized carbons (Fsp3) is 0.176. The van der Waals surface area contributed by atoms with E-state index in [1.807, 2.05) is 31.2 Å². The molecule has 0 aromatic heterocycles. The summed E-state index contributed by atoms with van der Waals surface area (Å²) in [7, 11) is 0. The van der Waals surface area contributed by atoms with Crippen LogP contribution in [-0.2, 0) is 9.63 Å². The molecule has 5 nitrogen and oxygen atoms in total. The number of hydrogen-bond acceptors (Lipinski definition) is 4. The number of carboxylic acids is 1. The molecule has 0 spiro atoms. The Labute approximate surface area is 128 Å². The van der Waals surface area contributed by atoms with Gasteiger partial charge in [0.2, 0.25) is 0 Å². The molecule has 0 fully saturated rings. The van der Waals surface area contributed by atoms with Crippen molar-refractivity contribution in [2.24, 2.45) is 5.16 Å². The van der Waals surface area contributed by atoms with E-state index in [0.29, 0.717) is 17.1 Å². The fourth-order valence-corrected chi connectivity index (χ4v) is 1.89. The number of oxime groups is 1. The lowest BCUT2D eigenvalue weighted by Crippen LogP contribution is -2.16. The van der Waals surface area contributed by atoms with Crippen LogP contribution in [0, 0.1) is 6.92 Å². The van der Waals surface area contributed by atoms with E-state index in [2.05, 4.69) is 5.16 Å². The van der Waals surface area contributed by atoms with Crippen LogP contribution in [0.5, 0.6) is 11.5 Å². The van der Waals surface area contributed by atoms with Crippen LogP contribution in [0.4, 0.5) is 0 Å². The maximum absolute atomic E-state index is 11.4. The molecule has 0 aliphatic rings. The molecule has 5 heteroatoms. The summed E-state index contributed by atoms with van der Waals surface area (Å²) in [6.45, 7) is 3.98. The molecule has 0 atom stereocenters. The van der Waals surface area contributed by atoms with Gasteiger partial charge in [-0.25, -0.2) is 4.79 Å². The summed E-state index contributed by atoms with van der Waals surface area (Å²) in [5.41, 5.74) is 1.23. The molecule has 0 aliphatic carbocycles. The average molecular weight is 299 g/mol. The Balaban J connectivity index is 2.39. The van der Waals surface area contributed by atoms with E-state index < -0.39 is 5.97 Å². The first-order valence-electron chi connectivity index (χ1n) is 6.89. The number of hydrogen-bond donors (Lipinski definition) is 1. The molecule has 0 radical (unpaired) electrons. The fourth-order valence-electron chi connectivity index (χ4n) is 1.89. The first-order valence-corrected chi connectivity index (χ1v) is 6.89. The second kappa shape index (κ2) is 7.26. The summed E-state index contributed by atoms with van der Waals surface area (Å²) < 4.78 is 5.80. The second-order valence-corrected chi connectivity index (χ2v) is 4.58. The van der Waals surface area contributed by atoms with E-state index in [0.717, 1.165) is 5.56 Å². The average Bonchev–Trinajstić information content (AvgIpc) is 2.49. The van der Waals surface area contributed by atoms with E-state index in [1.54, 1.807) is 31.2 Å². The highest BCUT2D eigenvalue weighted by atomic mass is 16.6. The number of carbonyl (C=O) groups is 1. The lowest BCUT2D eigenvalue weighted by Gasteiger charge is -2.11. The molecular formula is C17H17NO4. The number of carboxylic acid groups (broad SMARTS) is 1. The quantitative estimate of drug-likeness (QED) is 0.653. The lowest BCUT2D eigenvalue weighted by molar-refractivity contribution is -0.129. The molecule has 114 valence electrons. The molecule has 2 aromatic rings. The first kappa shape index (κ1) is 15.6. The van der Waals surface area contributed by atoms with Crippen molar-refractivity contribution in [2.75, 3.05) is 6.61 Å². The molecule has 0 aliphatic heterocycles. The minimum atomic E-state index is -1.17. The smallest absolute Gasteiger partial charge is 0.358 e. The Morgan fingerprint density at radius 2 is 1.95 bits per heavy atom. The zero-order chi connectivity index (χ0) is 15.9. The third-order valence-corrected chi connectivity index (χ3v) is 2.85. The van der Waals surface area contributed by atoms with Gasteiger partial charge in [-0.1, -0.05) is 29.4 Å². The third-order valence-electron chi connectivity index (χ3n) is 2.85. The zero-order valence-electron chi connectivity index (χ0n) is 12.4. The molecular weight excluding hydrogens is 282 g/mol. The topological polar surface area (TPSA) is 68.1 Å². The lowest BCUT2D eigenvalue weighted by atomic mass is 10.1. The Hall–Kier alpha value is -2.82. The van der Waals surface area contributed by atoms with Gasteiger partial charge in [0.15, 0.2) is 5.71 Å². The maximum Gasteiger partial charge on any atom is 0.358 e. The highest BCUT2D eigenvalue weighted by Gasteiger charge is 2.18. The monoisotopic (exact) mass is 299 g/mol. The van der Waals surface area contributed by atoms with Crippen LogP contribution in [0.15, 0.2) is 53.7 Å². The standard InChI is InChI=1S/C17H17NO4/c1-3-21-18-16(17(19)20)14-9-4-5-10-15(14)22-13-8-6-7-12(2)11-13/h4-11H,3H2,1-2H3,(H,19,20). The molecule has 0 heterocycles. The number of ether oxygens (including phenoxy) is 1. The predicted octanol–water partition coefficient (Wildman–Crippen LogP) is 3.61. The number of benzene rings is 2. The number of aliphatic carboxylic acids is 1. The summed E-state index contributed by atoms with van der Waals surface area (Å²) in [6.07, 6.45) is 0. The van der Waals surface area contributed by atoms with Gasteiger partial charge in [-0.05, 0) is 43.7 Å². The van der Waals surface area contributed by atoms with Crippen molar-refractivity contribution in [1.29, 1.82) is 0 Å². The second-order valence-electron chi connectivity index (χ2n) is 4.58. The van der Waals surface area contributed by atoms with Gasteiger partial charge in [0.25, 0.3) is 0 Å². The van der Waals surface area contributed by atoms with Crippen molar-refractivity contribution in [3.05, 3.63) is 59.7 Å². The zero-order valence-corrected chi connectivity index (χ0v) is 12.4. The van der Waals surface area contributed by atoms with Crippen molar-refractivity contribution < 1.29 is 19.5 Å². The van der Waals surface area contributed by atoms with Crippen molar-refractivity contribution in [3.8, 4) is 11.5 Å². The van der Waals surface area contributed by atoms with Crippen LogP contribution < -0.4 is 4.74 Å². The normalized spacial score (nSPS) is 11.1. The highest BCUT2D eigenvalue weighted by Crippen LogP contribution is 2.26. The van der Waals surface area contributed by atoms with Gasteiger partial charge < -0.3 is 14.7 Å². The Morgan fingerprint density at radius 3 is 2.64 bits per heavy atom. The number of para-hydroxylation sites is 1. The number of nitrogens with zero attached hydrogens (tertiary/aromatic N) is 1. The van der Waals surface area contributed by atoms with Gasteiger partial charge in [0.1, 0.15) is 18.1 Å². The number of rotatable bonds is 6. The highest BCUT2D eigenvalue weighted by molar-refractivity contribution is 6.43. The van der Waals surface area contributed by atoms with Crippen LogP contribution in [0.3, 0.4) is 0 Å². The summed E-state index contributed by atoms with van der Waals surface area (Å²) in [4.78, 5) is 16.3. The van der Waals surface area contributed by atoms with Gasteiger partial charge >= 0.3 is 5.97 Å². The molecule has 2 aromatic carbocycles. The molecule has 0 unspecified atom stereocenters. The van der Waals surface area contributed by atoms with E-state index in [4.69, 9.17) is 9.57 Å². The van der Waals surface area contributed by atoms with Crippen molar-refractivity contribution in [1.82, 2.24) is 0 Å². The first-order chi connectivity index (χ1) is 10.6. The minimum Gasteiger partial charge on any atom is -0.476 e. The van der Waals surface area contributed by atoms with Gasteiger partial charge in [0.05, 0.1) is 5.56 Å². The minimum absolute atomic E-state index is 0.190. The van der Waals surface area contributed by atoms with Gasteiger partial charge in [0, 0.05) is 0 Å². The third kappa shape index (κ3) is 3.85. The van der Waals surface area contributed by atoms with Crippen LogP contribution in [0.2, 0.25) is 0 Å². The van der Waals surface area contributed by atoms with Crippen molar-refractivity contribution in [3.63, 3.8) is 0 Å². The molecule has 2 rings (SSSR count). The van der Waals surface area contributed by atoms with Gasteiger partial charge in [-0.2, -0.15) is 0 Å². The van der Waals surface area contributed by atoms with Crippen molar-refractivity contribution in [2.45, 2.75) is 13.8 Å². The molecule has 1 N–H and O–H groups in total. The van der Waals surface area contributed by atoms with E-state index in [1.165, 1.54) is 0 Å². The van der Waals surface area contributed by atoms with Gasteiger partial charge in [-0.15, -0.1) is 0 Å². The molecule has 0 saturated heterocycles. The predicted molar refractivity (Wildman–Crippen MR) is 83.5 cm³/mol. The molecule has 0 saturated carbocycles. The summed E-state index contributed by atoms with van der Waals surface area (Å²) in [5, 5.41) is 13.0. The van der Waals surface area contributed by atoms with Gasteiger partial charge in [-0.3, -0.25) is 0 Å². The maximum atomic E-state index is 11.4. The molecule has 22 heavy (non-hydrogen) atoms. The summed E-state index contributed by atoms with van der Waals surface area (Å²) >= 11 is 0. The van der Waals surface area contributed by atoms with Crippen molar-refractivity contribution >= 4 is 11.7 Å². The van der Waals surface area contributed by atoms with Crippen LogP contribution in [0.25, 0.3) is 0 Å². The van der Waals surface area contributed by atoms with Crippen LogP contribution in [0.1, 0.15) is 18.1 Å².